The number of rotatable bonds is 65. The minimum absolute atomic E-state index is 0.00592. The first-order valence-electron chi connectivity index (χ1n) is 52.1. The largest absolute Gasteiger partial charge is 0.494 e. The zero-order valence-corrected chi connectivity index (χ0v) is 78.5. The fourth-order valence-corrected chi connectivity index (χ4v) is 21.6. The monoisotopic (exact) mass is 1700 g/mol. The zero-order chi connectivity index (χ0) is 86.4. The topological polar surface area (TPSA) is 134 Å². The highest BCUT2D eigenvalue weighted by molar-refractivity contribution is 6.16. The predicted molar refractivity (Wildman–Crippen MR) is 509 cm³/mol. The molecule has 6 fully saturated rings. The van der Waals surface area contributed by atoms with E-state index in [1.165, 1.54) is 276 Å². The Hall–Kier alpha value is -5.43. The van der Waals surface area contributed by atoms with Gasteiger partial charge in [-0.3, -0.25) is 0 Å². The third-order valence-corrected chi connectivity index (χ3v) is 29.8. The van der Waals surface area contributed by atoms with Crippen LogP contribution in [0, 0.1) is 53.3 Å². The zero-order valence-electron chi connectivity index (χ0n) is 78.5. The molecule has 0 atom stereocenters. The minimum Gasteiger partial charge on any atom is -0.494 e. The van der Waals surface area contributed by atoms with E-state index < -0.39 is 0 Å². The Balaban J connectivity index is 0.569. The van der Waals surface area contributed by atoms with Crippen LogP contribution in [0.1, 0.15) is 429 Å². The van der Waals surface area contributed by atoms with E-state index in [0.717, 1.165) is 209 Å². The molecule has 0 bridgehead atoms. The molecule has 6 saturated carbocycles. The van der Waals surface area contributed by atoms with Crippen molar-refractivity contribution < 1.29 is 57.0 Å². The molecular formula is C111H176O12. The van der Waals surface area contributed by atoms with Crippen molar-refractivity contribution in [1.82, 2.24) is 0 Å². The summed E-state index contributed by atoms with van der Waals surface area (Å²) in [7, 11) is 0. The van der Waals surface area contributed by atoms with Crippen molar-refractivity contribution in [2.75, 3.05) is 46.2 Å². The third-order valence-electron chi connectivity index (χ3n) is 29.8. The Morgan fingerprint density at radius 3 is 0.748 bits per heavy atom. The van der Waals surface area contributed by atoms with E-state index in [-0.39, 0.29) is 42.5 Å². The molecule has 0 unspecified atom stereocenters. The summed E-state index contributed by atoms with van der Waals surface area (Å²) >= 11 is 0. The summed E-state index contributed by atoms with van der Waals surface area (Å²) in [5.74, 6) is 9.48. The van der Waals surface area contributed by atoms with Crippen molar-refractivity contribution in [1.29, 1.82) is 0 Å². The summed E-state index contributed by atoms with van der Waals surface area (Å²) < 4.78 is 55.5. The van der Waals surface area contributed by atoms with E-state index in [1.54, 1.807) is 0 Å². The smallest absolute Gasteiger partial charge is 0.338 e. The maximum atomic E-state index is 13.2. The van der Waals surface area contributed by atoms with Crippen LogP contribution in [0.2, 0.25) is 0 Å². The molecule has 0 radical (unpaired) electrons. The Morgan fingerprint density at radius 2 is 0.496 bits per heavy atom. The van der Waals surface area contributed by atoms with Crippen LogP contribution in [-0.2, 0) is 42.8 Å². The number of hydrogen-bond donors (Lipinski definition) is 0. The molecule has 6 aliphatic rings. The summed E-state index contributed by atoms with van der Waals surface area (Å²) in [5, 5.41) is 0. The Labute approximate surface area is 750 Å². The lowest BCUT2D eigenvalue weighted by atomic mass is 9.70. The first-order chi connectivity index (χ1) is 60.4. The highest BCUT2D eigenvalue weighted by atomic mass is 16.7. The lowest BCUT2D eigenvalue weighted by Gasteiger charge is -2.37. The van der Waals surface area contributed by atoms with Gasteiger partial charge in [0.05, 0.1) is 43.1 Å². The van der Waals surface area contributed by atoms with E-state index in [2.05, 4.69) is 40.5 Å². The molecular weight excluding hydrogens is 1530 g/mol. The highest BCUT2D eigenvalue weighted by Gasteiger charge is 2.36. The van der Waals surface area contributed by atoms with E-state index in [1.807, 2.05) is 72.8 Å². The Bertz CT molecular complexity index is 3110. The molecule has 9 rings (SSSR count). The molecule has 3 aromatic rings. The molecule has 0 saturated heterocycles. The summed E-state index contributed by atoms with van der Waals surface area (Å²) in [6.07, 6.45) is 75.0. The summed E-state index contributed by atoms with van der Waals surface area (Å²) in [5.41, 5.74) is 3.70. The number of unbranched alkanes of at least 4 members (excludes halogenated alkanes) is 27. The van der Waals surface area contributed by atoms with Crippen molar-refractivity contribution in [3.8, 4) is 17.2 Å². The molecule has 0 aliphatic heterocycles. The average Bonchev–Trinajstić information content (AvgIpc) is 0.848. The normalized spacial score (nSPS) is 23.3. The van der Waals surface area contributed by atoms with Gasteiger partial charge in [-0.15, -0.1) is 0 Å². The van der Waals surface area contributed by atoms with Crippen LogP contribution >= 0.6 is 0 Å². The fraction of sp³-hybridized carbons (Fsp3) is 0.757. The van der Waals surface area contributed by atoms with Gasteiger partial charge in [0, 0.05) is 26.2 Å². The summed E-state index contributed by atoms with van der Waals surface area (Å²) in [6, 6.07) is 23.4. The predicted octanol–water partition coefficient (Wildman–Crippen LogP) is 30.9. The number of carbonyl (C=O) groups is 3. The van der Waals surface area contributed by atoms with Crippen molar-refractivity contribution >= 4 is 34.6 Å². The SMILES string of the molecule is C=C(C(=O)OC1CCC(C2CCC(CCCCC)CC2)CC1)c1ccc(OCCCCCCCCCCOCCC(OCCCCCCCCCCOc2ccc(C(=C)C(=O)OC3CCC(C4CCC(CCCCC)CC4)CC3)cc2)OCCCCCCCCCCOc2ccc(C(=C)C(=O)OC3CCC(C4CCC(CCCCC)CC4)CC3)cc2)cc1. The molecule has 692 valence electrons. The Kier molecular flexibility index (Phi) is 51.0. The lowest BCUT2D eigenvalue weighted by molar-refractivity contribution is -0.154. The second-order valence-electron chi connectivity index (χ2n) is 39.3. The van der Waals surface area contributed by atoms with Gasteiger partial charge in [0.15, 0.2) is 6.29 Å². The lowest BCUT2D eigenvalue weighted by Crippen LogP contribution is -2.30. The quantitative estimate of drug-likeness (QED) is 0.0175. The van der Waals surface area contributed by atoms with Gasteiger partial charge in [-0.1, -0.05) is 308 Å². The van der Waals surface area contributed by atoms with Crippen LogP contribution in [0.3, 0.4) is 0 Å². The van der Waals surface area contributed by atoms with E-state index in [9.17, 15) is 14.4 Å². The second-order valence-corrected chi connectivity index (χ2v) is 39.3. The van der Waals surface area contributed by atoms with Crippen LogP contribution in [0.4, 0.5) is 0 Å². The van der Waals surface area contributed by atoms with Crippen molar-refractivity contribution in [3.05, 3.63) is 109 Å². The molecule has 12 nitrogen and oxygen atoms in total. The molecule has 0 spiro atoms. The first-order valence-corrected chi connectivity index (χ1v) is 52.1. The van der Waals surface area contributed by atoms with Crippen molar-refractivity contribution in [2.45, 2.75) is 437 Å². The average molecular weight is 1700 g/mol. The van der Waals surface area contributed by atoms with E-state index in [4.69, 9.17) is 42.6 Å². The van der Waals surface area contributed by atoms with Gasteiger partial charge in [-0.2, -0.15) is 0 Å². The molecule has 123 heavy (non-hydrogen) atoms. The number of hydrogen-bond acceptors (Lipinski definition) is 12. The highest BCUT2D eigenvalue weighted by Crippen LogP contribution is 2.46. The van der Waals surface area contributed by atoms with Crippen LogP contribution in [0.5, 0.6) is 17.2 Å². The van der Waals surface area contributed by atoms with Crippen molar-refractivity contribution in [3.63, 3.8) is 0 Å². The molecule has 0 amide bonds. The van der Waals surface area contributed by atoms with E-state index in [0.29, 0.717) is 56.4 Å². The van der Waals surface area contributed by atoms with Gasteiger partial charge in [0.25, 0.3) is 0 Å². The van der Waals surface area contributed by atoms with Gasteiger partial charge in [0.2, 0.25) is 0 Å². The molecule has 0 aromatic heterocycles. The number of ether oxygens (including phenoxy) is 9. The maximum Gasteiger partial charge on any atom is 0.338 e. The molecule has 0 heterocycles. The van der Waals surface area contributed by atoms with Gasteiger partial charge >= 0.3 is 17.9 Å². The van der Waals surface area contributed by atoms with Crippen LogP contribution < -0.4 is 14.2 Å². The number of carbonyl (C=O) groups excluding carboxylic acids is 3. The molecule has 12 heteroatoms. The Morgan fingerprint density at radius 1 is 0.268 bits per heavy atom. The third kappa shape index (κ3) is 40.4. The number of esters is 3. The van der Waals surface area contributed by atoms with Gasteiger partial charge in [0.1, 0.15) is 35.6 Å². The first kappa shape index (κ1) is 101. The van der Waals surface area contributed by atoms with Gasteiger partial charge in [-0.05, 0) is 260 Å². The molecule has 6 aliphatic carbocycles. The van der Waals surface area contributed by atoms with E-state index >= 15 is 0 Å². The van der Waals surface area contributed by atoms with Crippen LogP contribution in [0.15, 0.2) is 92.5 Å². The molecule has 3 aromatic carbocycles. The van der Waals surface area contributed by atoms with Crippen LogP contribution in [-0.4, -0.2) is 88.8 Å². The minimum atomic E-state index is -0.285. The van der Waals surface area contributed by atoms with Gasteiger partial charge in [-0.25, -0.2) is 14.4 Å². The standard InChI is InChI=1S/C111H176O12/c1-7-10-31-40-90-43-49-96(50-44-90)99-61-73-105(74-62-99)121-109(112)87(4)93-55-67-102(68-56-93)116-81-35-26-20-14-13-19-25-34-80-115-86-79-108(119-84-38-29-23-17-15-21-27-36-82-117-103-69-57-94(58-70-103)88(5)110(113)122-106-75-63-100(64-76-106)97-51-45-91(46-52-97)41-32-11-8-2)120-85-39-30-24-18-16-22-28-37-83-118-104-71-59-95(60-72-104)89(6)111(114)123-107-77-65-101(66-78-107)98-53-47-92(48-54-98)42-33-12-9-3/h55-60,67-72,90-92,96-101,105-108H,4-54,61-66,73-86H2,1-3H3. The second kappa shape index (κ2) is 61.9. The maximum absolute atomic E-state index is 13.2. The summed E-state index contributed by atoms with van der Waals surface area (Å²) in [6.45, 7) is 24.2. The van der Waals surface area contributed by atoms with Crippen LogP contribution in [0.25, 0.3) is 16.7 Å². The molecule has 0 N–H and O–H groups in total. The number of benzene rings is 3. The van der Waals surface area contributed by atoms with Crippen molar-refractivity contribution in [2.24, 2.45) is 53.3 Å². The fourth-order valence-electron chi connectivity index (χ4n) is 21.6. The summed E-state index contributed by atoms with van der Waals surface area (Å²) in [4.78, 5) is 39.6. The van der Waals surface area contributed by atoms with Gasteiger partial charge < -0.3 is 42.6 Å².